The van der Waals surface area contributed by atoms with Crippen molar-refractivity contribution in [3.05, 3.63) is 308 Å². The van der Waals surface area contributed by atoms with Crippen molar-refractivity contribution in [2.75, 3.05) is 31.4 Å². The van der Waals surface area contributed by atoms with Crippen molar-refractivity contribution < 1.29 is 48.8 Å². The number of carbonyl (C=O) groups is 5. The van der Waals surface area contributed by atoms with E-state index in [1.54, 1.807) is 72.8 Å². The monoisotopic (exact) mass is 1520 g/mol. The molecule has 1 amide bonds. The first-order valence-electron chi connectivity index (χ1n) is 33.3. The number of ketones is 3. The number of nitro groups is 4. The number of pyridine rings is 3. The highest BCUT2D eigenvalue weighted by atomic mass is 35.5. The Morgan fingerprint density at radius 2 is 0.815 bits per heavy atom. The summed E-state index contributed by atoms with van der Waals surface area (Å²) in [5.41, 5.74) is 19.6. The number of carboxylic acid groups (broad SMARTS) is 1. The number of non-ortho nitro benzene ring substituents is 4. The molecule has 8 aromatic carbocycles. The van der Waals surface area contributed by atoms with E-state index in [0.717, 1.165) is 6.07 Å². The average molecular weight is 1520 g/mol. The minimum Gasteiger partial charge on any atom is -0.481 e. The first kappa shape index (κ1) is 76.2. The molecule has 4 aliphatic rings. The lowest BCUT2D eigenvalue weighted by Gasteiger charge is -2.40. The zero-order chi connectivity index (χ0) is 76.2. The first-order valence-corrected chi connectivity index (χ1v) is 34.3. The second-order valence-electron chi connectivity index (χ2n) is 24.9. The number of nitro benzene ring substituents is 4. The highest BCUT2D eigenvalue weighted by molar-refractivity contribution is 6.29. The fourth-order valence-corrected chi connectivity index (χ4v) is 14.4. The molecule has 32 heteroatoms. The van der Waals surface area contributed by atoms with Crippen molar-refractivity contribution >= 4 is 120 Å². The number of halogens is 3. The Kier molecular flexibility index (Phi) is 22.7. The molecule has 0 saturated heterocycles. The van der Waals surface area contributed by atoms with Gasteiger partial charge in [0.2, 0.25) is 0 Å². The molecule has 108 heavy (non-hydrogen) atoms. The molecule has 11 aromatic rings. The summed E-state index contributed by atoms with van der Waals surface area (Å²) in [5, 5.41) is 59.6. The van der Waals surface area contributed by atoms with Crippen LogP contribution in [0.5, 0.6) is 0 Å². The summed E-state index contributed by atoms with van der Waals surface area (Å²) in [6.07, 6.45) is 1.98. The molecule has 0 unspecified atom stereocenters. The van der Waals surface area contributed by atoms with Crippen molar-refractivity contribution in [1.29, 1.82) is 0 Å². The smallest absolute Gasteiger partial charge is 0.313 e. The van der Waals surface area contributed by atoms with E-state index in [0.29, 0.717) is 146 Å². The number of nitrogens with zero attached hydrogens (tertiary/aromatic N) is 11. The summed E-state index contributed by atoms with van der Waals surface area (Å²) in [6.45, 7) is 1.75. The quantitative estimate of drug-likeness (QED) is 0.0144. The molecule has 0 fully saturated rings. The molecule has 546 valence electrons. The van der Waals surface area contributed by atoms with E-state index in [1.165, 1.54) is 85.3 Å². The fraction of sp³-hybridized carbons (Fsp3) is 0.184. The van der Waals surface area contributed by atoms with Crippen LogP contribution < -0.4 is 22.4 Å². The number of aromatic nitrogens is 3. The zero-order valence-corrected chi connectivity index (χ0v) is 58.9. The number of fused-ring (bicyclic) bond motifs is 16. The van der Waals surface area contributed by atoms with E-state index in [9.17, 15) is 83.9 Å². The Hall–Kier alpha value is -12.9. The lowest BCUT2D eigenvalue weighted by molar-refractivity contribution is -0.385. The van der Waals surface area contributed by atoms with Crippen molar-refractivity contribution in [1.82, 2.24) is 18.6 Å². The van der Waals surface area contributed by atoms with Gasteiger partial charge in [0, 0.05) is 147 Å². The number of carboxylic acids is 1. The van der Waals surface area contributed by atoms with Crippen LogP contribution in [-0.4, -0.2) is 104 Å². The molecule has 0 spiro atoms. The minimum absolute atomic E-state index is 0. The van der Waals surface area contributed by atoms with Crippen molar-refractivity contribution in [3.63, 3.8) is 0 Å². The molecular formula is C76H59Cl3N12O17. The summed E-state index contributed by atoms with van der Waals surface area (Å²) in [7, 11) is 0. The Morgan fingerprint density at radius 1 is 0.463 bits per heavy atom. The molecule has 29 nitrogen and oxygen atoms in total. The number of hydrogen-bond donors (Lipinski definition) is 2. The Bertz CT molecular complexity index is 5700. The van der Waals surface area contributed by atoms with Gasteiger partial charge in [-0.3, -0.25) is 78.8 Å². The highest BCUT2D eigenvalue weighted by Crippen LogP contribution is 2.46. The van der Waals surface area contributed by atoms with Crippen LogP contribution in [0.3, 0.4) is 0 Å². The number of hydrogen-bond acceptors (Lipinski definition) is 18. The van der Waals surface area contributed by atoms with E-state index >= 15 is 0 Å². The summed E-state index contributed by atoms with van der Waals surface area (Å²) >= 11 is 11.6. The van der Waals surface area contributed by atoms with Gasteiger partial charge in [-0.1, -0.05) is 114 Å². The molecule has 3 aliphatic carbocycles. The van der Waals surface area contributed by atoms with Gasteiger partial charge in [-0.25, -0.2) is 0 Å². The van der Waals surface area contributed by atoms with Crippen LogP contribution in [0.1, 0.15) is 107 Å². The molecule has 2 atom stereocenters. The Balaban J connectivity index is 0.000000143. The van der Waals surface area contributed by atoms with E-state index in [4.69, 9.17) is 34.5 Å². The maximum absolute atomic E-state index is 13.2. The lowest BCUT2D eigenvalue weighted by atomic mass is 9.79. The van der Waals surface area contributed by atoms with Crippen LogP contribution >= 0.6 is 35.6 Å². The fourth-order valence-electron chi connectivity index (χ4n) is 14.2. The molecule has 0 radical (unpaired) electrons. The van der Waals surface area contributed by atoms with Crippen LogP contribution in [0.25, 0.3) is 76.5 Å². The summed E-state index contributed by atoms with van der Waals surface area (Å²) in [4.78, 5) is 150. The Morgan fingerprint density at radius 3 is 1.19 bits per heavy atom. The lowest BCUT2D eigenvalue weighted by Crippen LogP contribution is -2.45. The molecule has 15 rings (SSSR count). The topological polar surface area (TPSA) is 422 Å². The molecule has 3 aromatic heterocycles. The summed E-state index contributed by atoms with van der Waals surface area (Å²) < 4.78 is 4.50. The maximum Gasteiger partial charge on any atom is 0.313 e. The van der Waals surface area contributed by atoms with Gasteiger partial charge in [-0.05, 0) is 67.1 Å². The summed E-state index contributed by atoms with van der Waals surface area (Å²) in [5.74, 6) is -2.43. The van der Waals surface area contributed by atoms with Gasteiger partial charge in [-0.15, -0.1) is 35.6 Å². The number of nitrogens with two attached hydrogens (primary N) is 1. The number of benzene rings is 8. The van der Waals surface area contributed by atoms with Crippen LogP contribution in [0.4, 0.5) is 22.7 Å². The number of amides is 1. The largest absolute Gasteiger partial charge is 0.481 e. The number of aliphatic carboxylic acids is 1. The van der Waals surface area contributed by atoms with Crippen molar-refractivity contribution in [2.24, 2.45) is 10.8 Å². The van der Waals surface area contributed by atoms with Gasteiger partial charge in [0.25, 0.3) is 45.3 Å². The first-order chi connectivity index (χ1) is 51.6. The minimum atomic E-state index is -1.10. The van der Waals surface area contributed by atoms with Gasteiger partial charge in [0.15, 0.2) is 17.3 Å². The van der Waals surface area contributed by atoms with Gasteiger partial charge in [0.05, 0.1) is 81.2 Å². The standard InChI is InChI=1S/C19H17ClN2O5.C19H13ClN2O4.C19H13N5O4.C19H15N3O4.ClH/c20-9-4-10-21-17(12-5-2-1-3-6-12)16(19(24)25)14-8-7-13(22(26)27)11-15(14)18(21)23;20-8-3-9-21-17-13-4-1-2-5-14(13)18(23)16(17)12-7-6-11(22(25)26)10-15(12)19(21)24;20-22-21-8-3-9-23-17-13-4-1-2-5-14(13)18(25)16(17)12-7-6-11(24(27)28)10-15(12)19(23)26;20-8-3-9-21-17-13-4-1-2-5-14(13)18(23)16(17)12-7-6-11(22(25)26)10-15(12)19(21)24;/h1-3,5-8,11,16-17H,4,9-10H2,(H,24,25);1-2,4-7,10H,3,8-9H2;1-2,4-7,10H,3,8-9H2;1-2,4-7,10H,3,8-9,20H2;1H/t16-,17-;;;;/m1..../s1. The van der Waals surface area contributed by atoms with Gasteiger partial charge >= 0.3 is 5.97 Å². The van der Waals surface area contributed by atoms with E-state index in [-0.39, 0.29) is 111 Å². The summed E-state index contributed by atoms with van der Waals surface area (Å²) in [6, 6.07) is 45.3. The molecule has 0 bridgehead atoms. The Labute approximate surface area is 625 Å². The van der Waals surface area contributed by atoms with Crippen molar-refractivity contribution in [3.8, 4) is 33.8 Å². The van der Waals surface area contributed by atoms with Crippen LogP contribution in [0, 0.1) is 40.5 Å². The molecule has 3 N–H and O–H groups in total. The van der Waals surface area contributed by atoms with Crippen molar-refractivity contribution in [2.45, 2.75) is 57.3 Å². The molecule has 1 aliphatic heterocycles. The van der Waals surface area contributed by atoms with E-state index < -0.39 is 49.1 Å². The highest BCUT2D eigenvalue weighted by Gasteiger charge is 2.45. The predicted octanol–water partition coefficient (Wildman–Crippen LogP) is 14.1. The van der Waals surface area contributed by atoms with Gasteiger partial charge in [0.1, 0.15) is 5.92 Å². The number of carbonyl (C=O) groups excluding carboxylic acids is 4. The number of alkyl halides is 2. The normalized spacial score (nSPS) is 13.7. The van der Waals surface area contributed by atoms with Crippen LogP contribution in [0.15, 0.2) is 195 Å². The van der Waals surface area contributed by atoms with E-state index in [1.807, 2.05) is 30.3 Å². The average Bonchev–Trinajstić information content (AvgIpc) is 1.56. The SMILES string of the molecule is Cl.NCCCn1c2c(c3ccc([N+](=O)[O-])cc3c1=O)C(=O)c1ccccc1-2.O=C(O)[C@@H]1c2ccc([N+](=O)[O-])cc2C(=O)N(CCCCl)[C@@H]1c1ccccc1.O=C1c2ccccc2-c2c1c1ccc([N+](=O)[O-])cc1c(=O)n2CCCCl.[N-]=[N+]=NCCCn1c2c(c3ccc([N+](=O)[O-])cc3c1=O)C(=O)c1ccccc1-2. The van der Waals surface area contributed by atoms with Crippen LogP contribution in [-0.2, 0) is 24.4 Å². The molecule has 4 heterocycles. The third-order valence-electron chi connectivity index (χ3n) is 18.8. The third-order valence-corrected chi connectivity index (χ3v) is 19.4. The maximum atomic E-state index is 13.2. The second-order valence-corrected chi connectivity index (χ2v) is 25.6. The van der Waals surface area contributed by atoms with E-state index in [2.05, 4.69) is 10.0 Å². The predicted molar refractivity (Wildman–Crippen MR) is 405 cm³/mol. The third kappa shape index (κ3) is 13.9. The van der Waals surface area contributed by atoms with Gasteiger partial charge in [-0.2, -0.15) is 0 Å². The molecular weight excluding hydrogens is 1460 g/mol. The molecule has 0 saturated carbocycles. The zero-order valence-electron chi connectivity index (χ0n) is 56.5. The number of rotatable bonds is 19. The van der Waals surface area contributed by atoms with Gasteiger partial charge < -0.3 is 29.4 Å². The second kappa shape index (κ2) is 32.2. The number of azide groups is 1. The van der Waals surface area contributed by atoms with Crippen LogP contribution in [0.2, 0.25) is 0 Å².